The fourth-order valence-corrected chi connectivity index (χ4v) is 1.52. The van der Waals surface area contributed by atoms with Crippen LogP contribution in [0, 0.1) is 0 Å². The molecule has 1 aromatic rings. The molecule has 1 aliphatic heterocycles. The van der Waals surface area contributed by atoms with Crippen molar-refractivity contribution in [3.8, 4) is 0 Å². The van der Waals surface area contributed by atoms with Crippen LogP contribution in [0.2, 0.25) is 0 Å². The Kier molecular flexibility index (Phi) is 2.35. The van der Waals surface area contributed by atoms with Crippen LogP contribution in [0.15, 0.2) is 24.5 Å². The molecule has 0 bridgehead atoms. The molecule has 14 heavy (non-hydrogen) atoms. The Hall–Kier alpha value is -1.58. The Morgan fingerprint density at radius 1 is 1.57 bits per heavy atom. The third kappa shape index (κ3) is 1.55. The van der Waals surface area contributed by atoms with Crippen LogP contribution < -0.4 is 0 Å². The van der Waals surface area contributed by atoms with E-state index in [2.05, 4.69) is 4.98 Å². The Balaban J connectivity index is 2.13. The summed E-state index contributed by atoms with van der Waals surface area (Å²) in [6.07, 6.45) is 3.05. The minimum absolute atomic E-state index is 0.134. The zero-order valence-electron chi connectivity index (χ0n) is 8.01. The van der Waals surface area contributed by atoms with Gasteiger partial charge in [0.2, 0.25) is 0 Å². The van der Waals surface area contributed by atoms with Gasteiger partial charge < -0.3 is 9.64 Å². The number of cyclic esters (lactones) is 1. The number of hydrogen-bond donors (Lipinski definition) is 0. The zero-order chi connectivity index (χ0) is 9.97. The first kappa shape index (κ1) is 8.99. The van der Waals surface area contributed by atoms with E-state index in [1.807, 2.05) is 19.1 Å². The van der Waals surface area contributed by atoms with Gasteiger partial charge in [-0.05, 0) is 24.6 Å². The first-order chi connectivity index (χ1) is 6.81. The van der Waals surface area contributed by atoms with Crippen molar-refractivity contribution < 1.29 is 9.53 Å². The number of nitrogens with zero attached hydrogens (tertiary/aromatic N) is 2. The van der Waals surface area contributed by atoms with Crippen LogP contribution >= 0.6 is 0 Å². The highest BCUT2D eigenvalue weighted by molar-refractivity contribution is 5.70. The zero-order valence-corrected chi connectivity index (χ0v) is 8.01. The molecular weight excluding hydrogens is 180 g/mol. The molecule has 74 valence electrons. The van der Waals surface area contributed by atoms with Crippen LogP contribution in [0.3, 0.4) is 0 Å². The van der Waals surface area contributed by atoms with Crippen LogP contribution in [0.4, 0.5) is 4.79 Å². The van der Waals surface area contributed by atoms with Crippen molar-refractivity contribution in [2.75, 3.05) is 13.1 Å². The molecule has 1 amide bonds. The molecule has 1 saturated heterocycles. The molecule has 0 aliphatic carbocycles. The lowest BCUT2D eigenvalue weighted by Gasteiger charge is -2.08. The summed E-state index contributed by atoms with van der Waals surface area (Å²) in [6.45, 7) is 3.27. The van der Waals surface area contributed by atoms with E-state index in [0.29, 0.717) is 13.1 Å². The number of pyridine rings is 1. The standard InChI is InChI=1S/C10H12N2O2/c1-2-12-7-9(14-10(12)13)8-3-5-11-6-4-8/h3-6,9H,2,7H2,1H3. The minimum atomic E-state index is -0.227. The number of carbonyl (C=O) groups excluding carboxylic acids is 1. The molecular formula is C10H12N2O2. The van der Waals surface area contributed by atoms with Gasteiger partial charge in [0, 0.05) is 18.9 Å². The highest BCUT2D eigenvalue weighted by Gasteiger charge is 2.30. The third-order valence-corrected chi connectivity index (χ3v) is 2.35. The van der Waals surface area contributed by atoms with Crippen molar-refractivity contribution in [1.82, 2.24) is 9.88 Å². The van der Waals surface area contributed by atoms with Crippen molar-refractivity contribution in [3.63, 3.8) is 0 Å². The van der Waals surface area contributed by atoms with Gasteiger partial charge >= 0.3 is 6.09 Å². The molecule has 1 aromatic heterocycles. The maximum atomic E-state index is 11.3. The fraction of sp³-hybridized carbons (Fsp3) is 0.400. The highest BCUT2D eigenvalue weighted by Crippen LogP contribution is 2.24. The van der Waals surface area contributed by atoms with Gasteiger partial charge in [-0.1, -0.05) is 0 Å². The lowest BCUT2D eigenvalue weighted by atomic mass is 10.1. The van der Waals surface area contributed by atoms with E-state index in [1.165, 1.54) is 0 Å². The first-order valence-corrected chi connectivity index (χ1v) is 4.66. The van der Waals surface area contributed by atoms with Crippen LogP contribution in [0.25, 0.3) is 0 Å². The van der Waals surface area contributed by atoms with Crippen molar-refractivity contribution in [2.24, 2.45) is 0 Å². The predicted molar refractivity (Wildman–Crippen MR) is 50.7 cm³/mol. The largest absolute Gasteiger partial charge is 0.439 e. The first-order valence-electron chi connectivity index (χ1n) is 4.66. The second-order valence-corrected chi connectivity index (χ2v) is 3.19. The molecule has 1 atom stereocenters. The average Bonchev–Trinajstić information content (AvgIpc) is 2.61. The van der Waals surface area contributed by atoms with Gasteiger partial charge in [0.25, 0.3) is 0 Å². The number of carbonyl (C=O) groups is 1. The van der Waals surface area contributed by atoms with Gasteiger partial charge in [0.15, 0.2) is 0 Å². The van der Waals surface area contributed by atoms with E-state index in [0.717, 1.165) is 5.56 Å². The van der Waals surface area contributed by atoms with E-state index in [9.17, 15) is 4.79 Å². The summed E-state index contributed by atoms with van der Waals surface area (Å²) in [7, 11) is 0. The van der Waals surface area contributed by atoms with Crippen molar-refractivity contribution in [2.45, 2.75) is 13.0 Å². The van der Waals surface area contributed by atoms with Gasteiger partial charge in [-0.2, -0.15) is 0 Å². The van der Waals surface area contributed by atoms with Crippen LogP contribution in [0.1, 0.15) is 18.6 Å². The molecule has 4 nitrogen and oxygen atoms in total. The summed E-state index contributed by atoms with van der Waals surface area (Å²) in [5, 5.41) is 0. The van der Waals surface area contributed by atoms with Crippen molar-refractivity contribution in [1.29, 1.82) is 0 Å². The molecule has 0 N–H and O–H groups in total. The van der Waals surface area contributed by atoms with E-state index in [4.69, 9.17) is 4.74 Å². The topological polar surface area (TPSA) is 42.4 Å². The van der Waals surface area contributed by atoms with E-state index in [1.54, 1.807) is 17.3 Å². The summed E-state index contributed by atoms with van der Waals surface area (Å²) >= 11 is 0. The molecule has 2 heterocycles. The maximum Gasteiger partial charge on any atom is 0.410 e. The molecule has 1 unspecified atom stereocenters. The monoisotopic (exact) mass is 192 g/mol. The summed E-state index contributed by atoms with van der Waals surface area (Å²) in [6, 6.07) is 3.74. The number of ether oxygens (including phenoxy) is 1. The summed E-state index contributed by atoms with van der Waals surface area (Å²) in [4.78, 5) is 16.9. The lowest BCUT2D eigenvalue weighted by molar-refractivity contribution is 0.133. The number of likely N-dealkylation sites (N-methyl/N-ethyl adjacent to an activating group) is 1. The minimum Gasteiger partial charge on any atom is -0.439 e. The molecule has 0 aromatic carbocycles. The maximum absolute atomic E-state index is 11.3. The van der Waals surface area contributed by atoms with Crippen LogP contribution in [0.5, 0.6) is 0 Å². The van der Waals surface area contributed by atoms with Crippen molar-refractivity contribution >= 4 is 6.09 Å². The van der Waals surface area contributed by atoms with Crippen LogP contribution in [-0.2, 0) is 4.74 Å². The molecule has 0 spiro atoms. The van der Waals surface area contributed by atoms with Gasteiger partial charge in [-0.15, -0.1) is 0 Å². The highest BCUT2D eigenvalue weighted by atomic mass is 16.6. The lowest BCUT2D eigenvalue weighted by Crippen LogP contribution is -2.23. The number of hydrogen-bond acceptors (Lipinski definition) is 3. The summed E-state index contributed by atoms with van der Waals surface area (Å²) < 4.78 is 5.21. The molecule has 0 radical (unpaired) electrons. The normalized spacial score (nSPS) is 21.1. The Bertz CT molecular complexity index is 326. The molecule has 1 fully saturated rings. The Morgan fingerprint density at radius 2 is 2.29 bits per heavy atom. The second-order valence-electron chi connectivity index (χ2n) is 3.19. The predicted octanol–water partition coefficient (Wildman–Crippen LogP) is 1.59. The SMILES string of the molecule is CCN1CC(c2ccncc2)OC1=O. The van der Waals surface area contributed by atoms with Gasteiger partial charge in [-0.25, -0.2) is 4.79 Å². The third-order valence-electron chi connectivity index (χ3n) is 2.35. The number of amides is 1. The molecule has 2 rings (SSSR count). The van der Waals surface area contributed by atoms with Gasteiger partial charge in [0.05, 0.1) is 6.54 Å². The Labute approximate surface area is 82.5 Å². The van der Waals surface area contributed by atoms with Crippen LogP contribution in [-0.4, -0.2) is 29.1 Å². The number of aromatic nitrogens is 1. The molecule has 4 heteroatoms. The summed E-state index contributed by atoms with van der Waals surface area (Å²) in [5.41, 5.74) is 1.00. The Morgan fingerprint density at radius 3 is 2.86 bits per heavy atom. The van der Waals surface area contributed by atoms with E-state index >= 15 is 0 Å². The quantitative estimate of drug-likeness (QED) is 0.714. The molecule has 0 saturated carbocycles. The van der Waals surface area contributed by atoms with E-state index in [-0.39, 0.29) is 12.2 Å². The van der Waals surface area contributed by atoms with Gasteiger partial charge in [-0.3, -0.25) is 4.98 Å². The van der Waals surface area contributed by atoms with Crippen molar-refractivity contribution in [3.05, 3.63) is 30.1 Å². The summed E-state index contributed by atoms with van der Waals surface area (Å²) in [5.74, 6) is 0. The fourth-order valence-electron chi connectivity index (χ4n) is 1.52. The molecule has 1 aliphatic rings. The second kappa shape index (κ2) is 3.65. The number of rotatable bonds is 2. The van der Waals surface area contributed by atoms with E-state index < -0.39 is 0 Å². The smallest absolute Gasteiger partial charge is 0.410 e. The van der Waals surface area contributed by atoms with Gasteiger partial charge in [0.1, 0.15) is 6.10 Å². The average molecular weight is 192 g/mol.